The summed E-state index contributed by atoms with van der Waals surface area (Å²) in [5.74, 6) is 0.521. The first-order valence-electron chi connectivity index (χ1n) is 7.85. The third-order valence-electron chi connectivity index (χ3n) is 3.85. The lowest BCUT2D eigenvalue weighted by molar-refractivity contribution is 0.102. The number of methoxy groups -OCH3 is 1. The molecule has 0 atom stereocenters. The summed E-state index contributed by atoms with van der Waals surface area (Å²) in [6.45, 7) is 1.96. The second-order valence-electron chi connectivity index (χ2n) is 5.61. The van der Waals surface area contributed by atoms with E-state index in [4.69, 9.17) is 4.74 Å². The summed E-state index contributed by atoms with van der Waals surface area (Å²) in [4.78, 5) is 14.8. The largest absolute Gasteiger partial charge is 0.495 e. The van der Waals surface area contributed by atoms with Gasteiger partial charge >= 0.3 is 0 Å². The van der Waals surface area contributed by atoms with Crippen molar-refractivity contribution in [3.05, 3.63) is 80.0 Å². The number of halogens is 1. The average molecular weight is 416 g/mol. The van der Waals surface area contributed by atoms with Gasteiger partial charge in [-0.2, -0.15) is 0 Å². The summed E-state index contributed by atoms with van der Waals surface area (Å²) in [5, 5.41) is 2.95. The van der Waals surface area contributed by atoms with Crippen LogP contribution in [0.3, 0.4) is 0 Å². The predicted molar refractivity (Wildman–Crippen MR) is 107 cm³/mol. The normalized spacial score (nSPS) is 10.5. The van der Waals surface area contributed by atoms with E-state index in [2.05, 4.69) is 33.4 Å². The maximum atomic E-state index is 12.8. The zero-order chi connectivity index (χ0) is 17.8. The molecule has 3 rings (SSSR count). The van der Waals surface area contributed by atoms with Crippen LogP contribution in [-0.2, 0) is 6.42 Å². The standard InChI is InChI=1S/C20H18BrNO2S/c1-13-18(20(23)22-16-10-8-15(21)9-11-16)19(24-2)17(25-13)12-14-6-4-3-5-7-14/h3-11H,12H2,1-2H3,(H,22,23). The van der Waals surface area contributed by atoms with Gasteiger partial charge in [0.15, 0.2) is 0 Å². The summed E-state index contributed by atoms with van der Waals surface area (Å²) >= 11 is 5.00. The van der Waals surface area contributed by atoms with Gasteiger partial charge in [0.1, 0.15) is 5.75 Å². The van der Waals surface area contributed by atoms with Crippen molar-refractivity contribution < 1.29 is 9.53 Å². The number of rotatable bonds is 5. The van der Waals surface area contributed by atoms with E-state index in [-0.39, 0.29) is 5.91 Å². The van der Waals surface area contributed by atoms with E-state index in [1.54, 1.807) is 18.4 Å². The molecule has 0 saturated carbocycles. The number of thiophene rings is 1. The SMILES string of the molecule is COc1c(Cc2ccccc2)sc(C)c1C(=O)Nc1ccc(Br)cc1. The highest BCUT2D eigenvalue weighted by molar-refractivity contribution is 9.10. The van der Waals surface area contributed by atoms with Gasteiger partial charge in [0, 0.05) is 21.5 Å². The second kappa shape index (κ2) is 7.85. The molecule has 0 radical (unpaired) electrons. The van der Waals surface area contributed by atoms with Crippen LogP contribution in [0.5, 0.6) is 5.75 Å². The summed E-state index contributed by atoms with van der Waals surface area (Å²) in [5.41, 5.74) is 2.56. The minimum Gasteiger partial charge on any atom is -0.495 e. The number of hydrogen-bond acceptors (Lipinski definition) is 3. The van der Waals surface area contributed by atoms with Crippen molar-refractivity contribution in [2.75, 3.05) is 12.4 Å². The molecule has 0 aliphatic carbocycles. The van der Waals surface area contributed by atoms with Gasteiger partial charge in [-0.25, -0.2) is 0 Å². The van der Waals surface area contributed by atoms with Gasteiger partial charge in [-0.3, -0.25) is 4.79 Å². The fourth-order valence-corrected chi connectivity index (χ4v) is 4.12. The Hall–Kier alpha value is -2.11. The molecule has 0 unspecified atom stereocenters. The van der Waals surface area contributed by atoms with Crippen molar-refractivity contribution in [3.63, 3.8) is 0 Å². The maximum Gasteiger partial charge on any atom is 0.260 e. The Morgan fingerprint density at radius 3 is 2.44 bits per heavy atom. The van der Waals surface area contributed by atoms with Gasteiger partial charge in [-0.05, 0) is 36.8 Å². The first-order valence-corrected chi connectivity index (χ1v) is 9.46. The molecule has 25 heavy (non-hydrogen) atoms. The third-order valence-corrected chi connectivity index (χ3v) is 5.46. The molecule has 0 bridgehead atoms. The fourth-order valence-electron chi connectivity index (χ4n) is 2.68. The molecule has 5 heteroatoms. The van der Waals surface area contributed by atoms with Crippen LogP contribution in [0.4, 0.5) is 5.69 Å². The number of hydrogen-bond donors (Lipinski definition) is 1. The zero-order valence-corrected chi connectivity index (χ0v) is 16.4. The minimum atomic E-state index is -0.146. The van der Waals surface area contributed by atoms with E-state index in [1.807, 2.05) is 49.4 Å². The van der Waals surface area contributed by atoms with Gasteiger partial charge < -0.3 is 10.1 Å². The molecular formula is C20H18BrNO2S. The highest BCUT2D eigenvalue weighted by Crippen LogP contribution is 2.37. The van der Waals surface area contributed by atoms with E-state index < -0.39 is 0 Å². The molecule has 0 aliphatic rings. The minimum absolute atomic E-state index is 0.146. The molecular weight excluding hydrogens is 398 g/mol. The Kier molecular flexibility index (Phi) is 5.56. The molecule has 1 heterocycles. The number of carbonyl (C=O) groups excluding carboxylic acids is 1. The summed E-state index contributed by atoms with van der Waals surface area (Å²) in [6, 6.07) is 17.7. The molecule has 1 N–H and O–H groups in total. The molecule has 128 valence electrons. The van der Waals surface area contributed by atoms with Crippen LogP contribution >= 0.6 is 27.3 Å². The van der Waals surface area contributed by atoms with E-state index in [0.29, 0.717) is 11.3 Å². The van der Waals surface area contributed by atoms with Crippen molar-refractivity contribution in [1.82, 2.24) is 0 Å². The number of nitrogens with one attached hydrogen (secondary N) is 1. The number of anilines is 1. The second-order valence-corrected chi connectivity index (χ2v) is 7.84. The van der Waals surface area contributed by atoms with E-state index in [0.717, 1.165) is 26.3 Å². The Morgan fingerprint density at radius 2 is 1.80 bits per heavy atom. The monoisotopic (exact) mass is 415 g/mol. The Balaban J connectivity index is 1.87. The van der Waals surface area contributed by atoms with Crippen LogP contribution in [0, 0.1) is 6.92 Å². The van der Waals surface area contributed by atoms with Crippen LogP contribution in [0.25, 0.3) is 0 Å². The van der Waals surface area contributed by atoms with Gasteiger partial charge in [0.25, 0.3) is 5.91 Å². The van der Waals surface area contributed by atoms with Crippen molar-refractivity contribution in [3.8, 4) is 5.75 Å². The van der Waals surface area contributed by atoms with Crippen LogP contribution in [0.2, 0.25) is 0 Å². The van der Waals surface area contributed by atoms with E-state index in [1.165, 1.54) is 5.56 Å². The summed E-state index contributed by atoms with van der Waals surface area (Å²) in [7, 11) is 1.62. The van der Waals surface area contributed by atoms with Crippen molar-refractivity contribution in [1.29, 1.82) is 0 Å². The summed E-state index contributed by atoms with van der Waals surface area (Å²) < 4.78 is 6.56. The molecule has 1 aromatic heterocycles. The van der Waals surface area contributed by atoms with Crippen LogP contribution in [-0.4, -0.2) is 13.0 Å². The van der Waals surface area contributed by atoms with Gasteiger partial charge in [-0.1, -0.05) is 46.3 Å². The predicted octanol–water partition coefficient (Wildman–Crippen LogP) is 5.67. The maximum absolute atomic E-state index is 12.8. The Morgan fingerprint density at radius 1 is 1.12 bits per heavy atom. The molecule has 1 amide bonds. The lowest BCUT2D eigenvalue weighted by Gasteiger charge is -2.08. The highest BCUT2D eigenvalue weighted by atomic mass is 79.9. The number of amides is 1. The van der Waals surface area contributed by atoms with Crippen molar-refractivity contribution >= 4 is 38.9 Å². The number of carbonyl (C=O) groups is 1. The molecule has 2 aromatic carbocycles. The lowest BCUT2D eigenvalue weighted by Crippen LogP contribution is -2.13. The Bertz CT molecular complexity index is 873. The van der Waals surface area contributed by atoms with E-state index in [9.17, 15) is 4.79 Å². The zero-order valence-electron chi connectivity index (χ0n) is 14.0. The Labute approximate surface area is 159 Å². The van der Waals surface area contributed by atoms with Crippen molar-refractivity contribution in [2.24, 2.45) is 0 Å². The first-order chi connectivity index (χ1) is 12.1. The molecule has 0 aliphatic heterocycles. The van der Waals surface area contributed by atoms with E-state index >= 15 is 0 Å². The number of benzene rings is 2. The molecule has 0 spiro atoms. The first kappa shape index (κ1) is 17.7. The van der Waals surface area contributed by atoms with Gasteiger partial charge in [0.2, 0.25) is 0 Å². The fraction of sp³-hybridized carbons (Fsp3) is 0.150. The van der Waals surface area contributed by atoms with Gasteiger partial charge in [-0.15, -0.1) is 11.3 Å². The third kappa shape index (κ3) is 4.11. The van der Waals surface area contributed by atoms with Crippen molar-refractivity contribution in [2.45, 2.75) is 13.3 Å². The van der Waals surface area contributed by atoms with Crippen LogP contribution < -0.4 is 10.1 Å². The molecule has 0 saturated heterocycles. The highest BCUT2D eigenvalue weighted by Gasteiger charge is 2.22. The summed E-state index contributed by atoms with van der Waals surface area (Å²) in [6.07, 6.45) is 0.751. The van der Waals surface area contributed by atoms with Crippen LogP contribution in [0.15, 0.2) is 59.1 Å². The lowest BCUT2D eigenvalue weighted by atomic mass is 10.1. The average Bonchev–Trinajstić information content (AvgIpc) is 2.93. The molecule has 0 fully saturated rings. The molecule has 3 nitrogen and oxygen atoms in total. The number of ether oxygens (including phenoxy) is 1. The van der Waals surface area contributed by atoms with Crippen LogP contribution in [0.1, 0.15) is 25.7 Å². The topological polar surface area (TPSA) is 38.3 Å². The van der Waals surface area contributed by atoms with Gasteiger partial charge in [0.05, 0.1) is 17.6 Å². The quantitative estimate of drug-likeness (QED) is 0.582. The smallest absolute Gasteiger partial charge is 0.260 e. The number of aryl methyl sites for hydroxylation is 1. The molecule has 3 aromatic rings.